The molecule has 2 aromatic carbocycles. The molecule has 1 fully saturated rings. The number of hydrogen-bond donors (Lipinski definition) is 1. The van der Waals surface area contributed by atoms with E-state index in [1.165, 1.54) is 7.11 Å². The van der Waals surface area contributed by atoms with Gasteiger partial charge >= 0.3 is 16.1 Å². The van der Waals surface area contributed by atoms with E-state index in [1.807, 2.05) is 51.1 Å². The fraction of sp³-hybridized carbons (Fsp3) is 0.500. The van der Waals surface area contributed by atoms with Crippen molar-refractivity contribution in [2.24, 2.45) is 11.7 Å². The molecule has 4 rings (SSSR count). The average molecular weight is 503 g/mol. The van der Waals surface area contributed by atoms with Crippen molar-refractivity contribution in [2.75, 3.05) is 26.5 Å². The van der Waals surface area contributed by atoms with Gasteiger partial charge in [-0.1, -0.05) is 30.3 Å². The maximum absolute atomic E-state index is 13.5. The third-order valence-corrected chi connectivity index (χ3v) is 7.08. The van der Waals surface area contributed by atoms with Crippen LogP contribution < -0.4 is 14.7 Å². The highest BCUT2D eigenvalue weighted by atomic mass is 32.2. The topological polar surface area (TPSA) is 108 Å². The zero-order valence-electron chi connectivity index (χ0n) is 20.9. The Balaban J connectivity index is 1.77. The Labute approximate surface area is 207 Å². The summed E-state index contributed by atoms with van der Waals surface area (Å²) in [6.45, 7) is 6.93. The number of carbonyl (C=O) groups excluding carboxylic acids is 1. The fourth-order valence-electron chi connectivity index (χ4n) is 5.29. The number of carbonyl (C=O) groups is 1. The van der Waals surface area contributed by atoms with Gasteiger partial charge in [0.1, 0.15) is 5.60 Å². The summed E-state index contributed by atoms with van der Waals surface area (Å²) in [5.41, 5.74) is 9.18. The Morgan fingerprint density at radius 3 is 2.40 bits per heavy atom. The maximum Gasteiger partial charge on any atom is 0.311 e. The van der Waals surface area contributed by atoms with Gasteiger partial charge < -0.3 is 19.4 Å². The van der Waals surface area contributed by atoms with Gasteiger partial charge in [-0.15, -0.1) is 0 Å². The highest BCUT2D eigenvalue weighted by Crippen LogP contribution is 2.47. The minimum atomic E-state index is -3.72. The SMILES string of the molecule is COc1cc2c(cc1OS(C)(=O)=O)CCN1C[C@@H](c3ccccc3)[C@@H](C(=O)OC(C)(C)C)C(N)[C@@H]21. The monoisotopic (exact) mass is 502 g/mol. The van der Waals surface area contributed by atoms with E-state index in [0.29, 0.717) is 18.7 Å². The first-order chi connectivity index (χ1) is 16.4. The lowest BCUT2D eigenvalue weighted by Crippen LogP contribution is -2.58. The maximum atomic E-state index is 13.5. The quantitative estimate of drug-likeness (QED) is 0.491. The molecule has 2 heterocycles. The standard InChI is InChI=1S/C26H34N2O6S/c1-26(2,3)33-25(29)22-19(16-9-7-6-8-10-16)15-28-12-11-17-13-21(34-35(5,30)31)20(32-4)14-18(17)24(28)23(22)27/h6-10,13-14,19,22-24H,11-12,15,27H2,1-5H3/t19-,22+,23?,24+/m0/s1. The van der Waals surface area contributed by atoms with Gasteiger partial charge in [0.15, 0.2) is 11.5 Å². The molecule has 1 saturated heterocycles. The van der Waals surface area contributed by atoms with E-state index in [4.69, 9.17) is 19.4 Å². The van der Waals surface area contributed by atoms with E-state index >= 15 is 0 Å². The van der Waals surface area contributed by atoms with Crippen LogP contribution in [-0.2, 0) is 26.1 Å². The van der Waals surface area contributed by atoms with Crippen LogP contribution in [0.25, 0.3) is 0 Å². The molecule has 8 nitrogen and oxygen atoms in total. The Kier molecular flexibility index (Phi) is 6.87. The van der Waals surface area contributed by atoms with Crippen LogP contribution in [0.1, 0.15) is 49.4 Å². The summed E-state index contributed by atoms with van der Waals surface area (Å²) in [6, 6.07) is 12.7. The van der Waals surface area contributed by atoms with Crippen LogP contribution in [0.4, 0.5) is 0 Å². The van der Waals surface area contributed by atoms with Crippen molar-refractivity contribution < 1.29 is 26.9 Å². The molecule has 2 aliphatic heterocycles. The van der Waals surface area contributed by atoms with Crippen LogP contribution in [0.3, 0.4) is 0 Å². The molecule has 0 bridgehead atoms. The first-order valence-corrected chi connectivity index (χ1v) is 13.6. The summed E-state index contributed by atoms with van der Waals surface area (Å²) in [6.07, 6.45) is 1.70. The molecule has 0 aromatic heterocycles. The normalized spacial score (nSPS) is 24.7. The van der Waals surface area contributed by atoms with Crippen LogP contribution in [0.2, 0.25) is 0 Å². The molecule has 2 aliphatic rings. The van der Waals surface area contributed by atoms with Crippen molar-refractivity contribution in [3.63, 3.8) is 0 Å². The smallest absolute Gasteiger partial charge is 0.311 e. The van der Waals surface area contributed by atoms with E-state index < -0.39 is 27.7 Å². The van der Waals surface area contributed by atoms with Crippen molar-refractivity contribution in [1.29, 1.82) is 0 Å². The number of ether oxygens (including phenoxy) is 2. The largest absolute Gasteiger partial charge is 0.493 e. The highest BCUT2D eigenvalue weighted by molar-refractivity contribution is 7.86. The predicted octanol–water partition coefficient (Wildman–Crippen LogP) is 3.02. The van der Waals surface area contributed by atoms with E-state index in [0.717, 1.165) is 29.5 Å². The number of benzene rings is 2. The lowest BCUT2D eigenvalue weighted by Gasteiger charge is -2.50. The molecule has 190 valence electrons. The van der Waals surface area contributed by atoms with Gasteiger partial charge in [0, 0.05) is 25.0 Å². The second-order valence-corrected chi connectivity index (χ2v) is 11.9. The summed E-state index contributed by atoms with van der Waals surface area (Å²) in [5.74, 6) is -0.523. The van der Waals surface area contributed by atoms with Gasteiger partial charge in [-0.2, -0.15) is 8.42 Å². The van der Waals surface area contributed by atoms with E-state index in [9.17, 15) is 13.2 Å². The molecular weight excluding hydrogens is 468 g/mol. The number of esters is 1. The van der Waals surface area contributed by atoms with Crippen molar-refractivity contribution in [2.45, 2.75) is 50.8 Å². The Hall–Kier alpha value is -2.62. The van der Waals surface area contributed by atoms with Crippen LogP contribution in [-0.4, -0.2) is 57.4 Å². The van der Waals surface area contributed by atoms with E-state index in [1.54, 1.807) is 12.1 Å². The molecule has 0 radical (unpaired) electrons. The molecular formula is C26H34N2O6S. The van der Waals surface area contributed by atoms with Gasteiger partial charge in [-0.25, -0.2) is 0 Å². The minimum Gasteiger partial charge on any atom is -0.493 e. The molecule has 0 aliphatic carbocycles. The highest BCUT2D eigenvalue weighted by Gasteiger charge is 2.49. The van der Waals surface area contributed by atoms with Gasteiger partial charge in [0.2, 0.25) is 0 Å². The molecule has 9 heteroatoms. The molecule has 0 saturated carbocycles. The number of nitrogens with two attached hydrogens (primary N) is 1. The molecule has 0 amide bonds. The minimum absolute atomic E-state index is 0.117. The second-order valence-electron chi connectivity index (χ2n) is 10.3. The average Bonchev–Trinajstić information content (AvgIpc) is 2.76. The first-order valence-electron chi connectivity index (χ1n) is 11.8. The summed E-state index contributed by atoms with van der Waals surface area (Å²) < 4.78 is 40.0. The summed E-state index contributed by atoms with van der Waals surface area (Å²) in [5, 5.41) is 0. The zero-order valence-corrected chi connectivity index (χ0v) is 21.7. The summed E-state index contributed by atoms with van der Waals surface area (Å²) >= 11 is 0. The van der Waals surface area contributed by atoms with Crippen molar-refractivity contribution in [3.8, 4) is 11.5 Å². The molecule has 2 aromatic rings. The predicted molar refractivity (Wildman–Crippen MR) is 133 cm³/mol. The van der Waals surface area contributed by atoms with Crippen LogP contribution in [0.5, 0.6) is 11.5 Å². The van der Waals surface area contributed by atoms with Gasteiger partial charge in [0.25, 0.3) is 0 Å². The summed E-state index contributed by atoms with van der Waals surface area (Å²) in [4.78, 5) is 15.8. The molecule has 1 unspecified atom stereocenters. The molecule has 0 spiro atoms. The van der Waals surface area contributed by atoms with Crippen LogP contribution in [0, 0.1) is 5.92 Å². The Morgan fingerprint density at radius 1 is 1.11 bits per heavy atom. The lowest BCUT2D eigenvalue weighted by atomic mass is 9.71. The second kappa shape index (κ2) is 9.44. The number of methoxy groups -OCH3 is 1. The van der Waals surface area contributed by atoms with Crippen LogP contribution in [0.15, 0.2) is 42.5 Å². The molecule has 4 atom stereocenters. The van der Waals surface area contributed by atoms with Crippen LogP contribution >= 0.6 is 0 Å². The van der Waals surface area contributed by atoms with Gasteiger partial charge in [0.05, 0.1) is 25.3 Å². The number of fused-ring (bicyclic) bond motifs is 3. The number of hydrogen-bond acceptors (Lipinski definition) is 8. The Bertz CT molecular complexity index is 1190. The van der Waals surface area contributed by atoms with Crippen molar-refractivity contribution >= 4 is 16.1 Å². The number of nitrogens with zero attached hydrogens (tertiary/aromatic N) is 1. The number of rotatable bonds is 5. The summed E-state index contributed by atoms with van der Waals surface area (Å²) in [7, 11) is -2.26. The van der Waals surface area contributed by atoms with E-state index in [-0.39, 0.29) is 23.7 Å². The first kappa shape index (κ1) is 25.5. The fourth-order valence-corrected chi connectivity index (χ4v) is 5.74. The van der Waals surface area contributed by atoms with Gasteiger partial charge in [-0.05, 0) is 56.0 Å². The van der Waals surface area contributed by atoms with Gasteiger partial charge in [-0.3, -0.25) is 9.69 Å². The molecule has 2 N–H and O–H groups in total. The Morgan fingerprint density at radius 2 is 1.80 bits per heavy atom. The lowest BCUT2D eigenvalue weighted by molar-refractivity contribution is -0.164. The third-order valence-electron chi connectivity index (χ3n) is 6.60. The van der Waals surface area contributed by atoms with E-state index in [2.05, 4.69) is 4.90 Å². The van der Waals surface area contributed by atoms with Crippen molar-refractivity contribution in [3.05, 3.63) is 59.2 Å². The molecule has 35 heavy (non-hydrogen) atoms. The number of piperidine rings is 1. The zero-order chi connectivity index (χ0) is 25.5. The van der Waals surface area contributed by atoms with Crippen molar-refractivity contribution in [1.82, 2.24) is 4.90 Å². The third kappa shape index (κ3) is 5.47.